The maximum absolute atomic E-state index is 12.6. The molecule has 1 amide bonds. The van der Waals surface area contributed by atoms with E-state index < -0.39 is 5.54 Å². The molecule has 2 aromatic rings. The van der Waals surface area contributed by atoms with Crippen LogP contribution >= 0.6 is 23.3 Å². The van der Waals surface area contributed by atoms with Crippen LogP contribution in [0.25, 0.3) is 11.0 Å². The Hall–Kier alpha value is -1.24. The number of amides is 1. The highest BCUT2D eigenvalue weighted by molar-refractivity contribution is 7.00. The molecule has 3 rings (SSSR count). The number of carbonyl (C=O) groups excluding carboxylic acids is 1. The first-order chi connectivity index (χ1) is 9.66. The highest BCUT2D eigenvalue weighted by atomic mass is 35.5. The molecule has 1 saturated heterocycles. The second-order valence-corrected chi connectivity index (χ2v) is 5.91. The maximum atomic E-state index is 12.6. The molecule has 1 unspecified atom stereocenters. The van der Waals surface area contributed by atoms with Crippen LogP contribution in [0.4, 0.5) is 5.69 Å². The van der Waals surface area contributed by atoms with Crippen LogP contribution in [0, 0.1) is 0 Å². The van der Waals surface area contributed by atoms with Crippen LogP contribution in [0.5, 0.6) is 0 Å². The van der Waals surface area contributed by atoms with Gasteiger partial charge in [0.25, 0.3) is 0 Å². The minimum atomic E-state index is -0.491. The molecule has 2 heterocycles. The van der Waals surface area contributed by atoms with Crippen molar-refractivity contribution in [2.45, 2.75) is 31.7 Å². The topological polar surface area (TPSA) is 66.9 Å². The molecule has 0 bridgehead atoms. The molecule has 1 fully saturated rings. The molecule has 1 aliphatic rings. The van der Waals surface area contributed by atoms with Crippen LogP contribution in [0.2, 0.25) is 5.02 Å². The van der Waals surface area contributed by atoms with Gasteiger partial charge in [-0.2, -0.15) is 8.75 Å². The highest BCUT2D eigenvalue weighted by Gasteiger charge is 2.39. The molecule has 5 nitrogen and oxygen atoms in total. The summed E-state index contributed by atoms with van der Waals surface area (Å²) in [6.45, 7) is 2.89. The van der Waals surface area contributed by atoms with Crippen molar-refractivity contribution in [3.05, 3.63) is 17.2 Å². The van der Waals surface area contributed by atoms with Gasteiger partial charge in [-0.15, -0.1) is 0 Å². The van der Waals surface area contributed by atoms with E-state index in [1.807, 2.05) is 6.92 Å². The summed E-state index contributed by atoms with van der Waals surface area (Å²) in [4.78, 5) is 12.6. The summed E-state index contributed by atoms with van der Waals surface area (Å²) in [5.41, 5.74) is 1.47. The quantitative estimate of drug-likeness (QED) is 0.915. The van der Waals surface area contributed by atoms with Crippen molar-refractivity contribution in [2.24, 2.45) is 0 Å². The van der Waals surface area contributed by atoms with Gasteiger partial charge in [-0.05, 0) is 37.9 Å². The lowest BCUT2D eigenvalue weighted by Gasteiger charge is -2.26. The Kier molecular flexibility index (Phi) is 3.62. The van der Waals surface area contributed by atoms with Crippen LogP contribution in [-0.4, -0.2) is 26.7 Å². The van der Waals surface area contributed by atoms with Crippen molar-refractivity contribution in [3.8, 4) is 0 Å². The lowest BCUT2D eigenvalue weighted by atomic mass is 9.93. The monoisotopic (exact) mass is 310 g/mol. The number of hydrogen-bond acceptors (Lipinski definition) is 5. The van der Waals surface area contributed by atoms with Gasteiger partial charge in [0.2, 0.25) is 5.91 Å². The minimum absolute atomic E-state index is 0.0418. The van der Waals surface area contributed by atoms with Gasteiger partial charge in [0.15, 0.2) is 0 Å². The predicted molar refractivity (Wildman–Crippen MR) is 81.3 cm³/mol. The van der Waals surface area contributed by atoms with E-state index in [9.17, 15) is 4.79 Å². The van der Waals surface area contributed by atoms with E-state index in [0.717, 1.165) is 43.1 Å². The summed E-state index contributed by atoms with van der Waals surface area (Å²) >= 11 is 7.32. The minimum Gasteiger partial charge on any atom is -0.321 e. The summed E-state index contributed by atoms with van der Waals surface area (Å²) in [5.74, 6) is -0.0418. The predicted octanol–water partition coefficient (Wildman–Crippen LogP) is 2.82. The largest absolute Gasteiger partial charge is 0.321 e. The first-order valence-electron chi connectivity index (χ1n) is 6.63. The van der Waals surface area contributed by atoms with Gasteiger partial charge >= 0.3 is 0 Å². The third kappa shape index (κ3) is 2.17. The summed E-state index contributed by atoms with van der Waals surface area (Å²) in [6, 6.07) is 3.54. The average Bonchev–Trinajstić information content (AvgIpc) is 3.10. The number of hydrogen-bond donors (Lipinski definition) is 2. The number of aromatic nitrogens is 2. The first-order valence-corrected chi connectivity index (χ1v) is 7.74. The Morgan fingerprint density at radius 2 is 2.40 bits per heavy atom. The summed E-state index contributed by atoms with van der Waals surface area (Å²) in [6.07, 6.45) is 2.61. The Labute approximate surface area is 126 Å². The number of nitrogens with one attached hydrogen (secondary N) is 2. The number of halogens is 1. The smallest absolute Gasteiger partial charge is 0.244 e. The Bertz CT molecular complexity index is 651. The van der Waals surface area contributed by atoms with E-state index in [1.165, 1.54) is 0 Å². The molecule has 1 aromatic heterocycles. The van der Waals surface area contributed by atoms with Gasteiger partial charge in [-0.3, -0.25) is 4.79 Å². The Morgan fingerprint density at radius 1 is 1.55 bits per heavy atom. The fourth-order valence-electron chi connectivity index (χ4n) is 2.64. The third-order valence-electron chi connectivity index (χ3n) is 3.90. The molecular weight excluding hydrogens is 296 g/mol. The van der Waals surface area contributed by atoms with Crippen molar-refractivity contribution in [1.82, 2.24) is 14.1 Å². The normalized spacial score (nSPS) is 22.3. The van der Waals surface area contributed by atoms with Crippen LogP contribution < -0.4 is 10.6 Å². The number of fused-ring (bicyclic) bond motifs is 1. The van der Waals surface area contributed by atoms with Gasteiger partial charge in [0.05, 0.1) is 28.0 Å². The van der Waals surface area contributed by atoms with Crippen molar-refractivity contribution < 1.29 is 4.79 Å². The summed E-state index contributed by atoms with van der Waals surface area (Å²) in [5, 5.41) is 6.75. The number of benzene rings is 1. The molecule has 106 valence electrons. The SMILES string of the molecule is CCC1(C(=O)Nc2c(Cl)ccc3nsnc23)CCCN1. The molecule has 0 saturated carbocycles. The standard InChI is InChI=1S/C13H15ClN4OS/c1-2-13(6-3-7-15-13)12(19)16-10-8(14)4-5-9-11(10)18-20-17-9/h4-5,15H,2-3,6-7H2,1H3,(H,16,19). The van der Waals surface area contributed by atoms with Gasteiger partial charge < -0.3 is 10.6 Å². The van der Waals surface area contributed by atoms with Gasteiger partial charge in [-0.25, -0.2) is 0 Å². The van der Waals surface area contributed by atoms with Crippen LogP contribution in [0.15, 0.2) is 12.1 Å². The van der Waals surface area contributed by atoms with E-state index in [-0.39, 0.29) is 5.91 Å². The Morgan fingerprint density at radius 3 is 3.10 bits per heavy atom. The van der Waals surface area contributed by atoms with Gasteiger partial charge in [-0.1, -0.05) is 18.5 Å². The van der Waals surface area contributed by atoms with Crippen LogP contribution in [-0.2, 0) is 4.79 Å². The summed E-state index contributed by atoms with van der Waals surface area (Å²) < 4.78 is 8.39. The second kappa shape index (κ2) is 5.27. The van der Waals surface area contributed by atoms with Crippen molar-refractivity contribution >= 4 is 46.0 Å². The molecule has 0 spiro atoms. The number of anilines is 1. The molecule has 7 heteroatoms. The van der Waals surface area contributed by atoms with E-state index >= 15 is 0 Å². The van der Waals surface area contributed by atoms with E-state index in [2.05, 4.69) is 19.4 Å². The molecule has 0 radical (unpaired) electrons. The second-order valence-electron chi connectivity index (χ2n) is 4.97. The van der Waals surface area contributed by atoms with Crippen molar-refractivity contribution in [1.29, 1.82) is 0 Å². The number of carbonyl (C=O) groups is 1. The fraction of sp³-hybridized carbons (Fsp3) is 0.462. The van der Waals surface area contributed by atoms with Crippen molar-refractivity contribution in [3.63, 3.8) is 0 Å². The number of nitrogens with zero attached hydrogens (tertiary/aromatic N) is 2. The lowest BCUT2D eigenvalue weighted by Crippen LogP contribution is -2.50. The van der Waals surface area contributed by atoms with Gasteiger partial charge in [0, 0.05) is 0 Å². The third-order valence-corrected chi connectivity index (χ3v) is 4.76. The van der Waals surface area contributed by atoms with Crippen molar-refractivity contribution in [2.75, 3.05) is 11.9 Å². The molecule has 20 heavy (non-hydrogen) atoms. The number of rotatable bonds is 3. The first kappa shape index (κ1) is 13.7. The average molecular weight is 311 g/mol. The zero-order valence-corrected chi connectivity index (χ0v) is 12.6. The molecule has 0 aliphatic carbocycles. The Balaban J connectivity index is 1.95. The molecular formula is C13H15ClN4OS. The molecule has 2 N–H and O–H groups in total. The van der Waals surface area contributed by atoms with Gasteiger partial charge in [0.1, 0.15) is 11.0 Å². The molecule has 1 aromatic carbocycles. The maximum Gasteiger partial charge on any atom is 0.244 e. The summed E-state index contributed by atoms with van der Waals surface area (Å²) in [7, 11) is 0. The zero-order chi connectivity index (χ0) is 14.2. The van der Waals surface area contributed by atoms with E-state index in [4.69, 9.17) is 11.6 Å². The highest BCUT2D eigenvalue weighted by Crippen LogP contribution is 2.32. The van der Waals surface area contributed by atoms with E-state index in [1.54, 1.807) is 12.1 Å². The fourth-order valence-corrected chi connectivity index (χ4v) is 3.38. The van der Waals surface area contributed by atoms with E-state index in [0.29, 0.717) is 16.2 Å². The van der Waals surface area contributed by atoms with Crippen LogP contribution in [0.3, 0.4) is 0 Å². The molecule has 1 aliphatic heterocycles. The van der Waals surface area contributed by atoms with Crippen LogP contribution in [0.1, 0.15) is 26.2 Å². The zero-order valence-electron chi connectivity index (χ0n) is 11.1. The molecule has 1 atom stereocenters. The lowest BCUT2D eigenvalue weighted by molar-refractivity contribution is -0.122.